The summed E-state index contributed by atoms with van der Waals surface area (Å²) in [6.45, 7) is 2.53. The summed E-state index contributed by atoms with van der Waals surface area (Å²) in [6.07, 6.45) is 1.47. The quantitative estimate of drug-likeness (QED) is 0.551. The standard InChI is InChI=1S/C28H29N3O4/c1-34-23-11-9-22(10-12-23)31-26(32)24-13-8-21(27(33)35-2)18-25(24)29-28(31)14-16-30(17-15-28)19-20-6-4-3-5-7-20/h3-13,18,29H,14-17,19H2,1-2H3. The summed E-state index contributed by atoms with van der Waals surface area (Å²) in [6, 6.07) is 23.1. The lowest BCUT2D eigenvalue weighted by Gasteiger charge is -2.52. The molecule has 0 saturated carbocycles. The van der Waals surface area contributed by atoms with E-state index < -0.39 is 11.6 Å². The van der Waals surface area contributed by atoms with E-state index in [2.05, 4.69) is 34.5 Å². The number of nitrogens with one attached hydrogen (secondary N) is 1. The van der Waals surface area contributed by atoms with E-state index in [1.807, 2.05) is 35.2 Å². The highest BCUT2D eigenvalue weighted by Gasteiger charge is 2.47. The number of anilines is 2. The molecule has 7 heteroatoms. The molecular weight excluding hydrogens is 442 g/mol. The number of esters is 1. The normalized spacial score (nSPS) is 17.0. The minimum atomic E-state index is -0.611. The van der Waals surface area contributed by atoms with Crippen molar-refractivity contribution in [1.29, 1.82) is 0 Å². The Balaban J connectivity index is 1.49. The minimum absolute atomic E-state index is 0.0863. The Hall–Kier alpha value is -3.84. The first-order chi connectivity index (χ1) is 17.0. The van der Waals surface area contributed by atoms with E-state index in [9.17, 15) is 9.59 Å². The molecule has 3 aromatic carbocycles. The van der Waals surface area contributed by atoms with Crippen molar-refractivity contribution in [2.24, 2.45) is 0 Å². The third kappa shape index (κ3) is 4.35. The number of hydrogen-bond donors (Lipinski definition) is 1. The number of carbonyl (C=O) groups is 2. The zero-order valence-corrected chi connectivity index (χ0v) is 20.0. The number of piperidine rings is 1. The second-order valence-electron chi connectivity index (χ2n) is 9.01. The van der Waals surface area contributed by atoms with E-state index >= 15 is 0 Å². The van der Waals surface area contributed by atoms with Crippen LogP contribution in [-0.4, -0.2) is 49.7 Å². The number of ether oxygens (including phenoxy) is 2. The molecule has 1 fully saturated rings. The lowest BCUT2D eigenvalue weighted by molar-refractivity contribution is 0.0600. The van der Waals surface area contributed by atoms with Crippen LogP contribution in [0.5, 0.6) is 5.75 Å². The molecule has 1 saturated heterocycles. The van der Waals surface area contributed by atoms with Gasteiger partial charge in [0.05, 0.1) is 25.3 Å². The molecule has 1 spiro atoms. The summed E-state index contributed by atoms with van der Waals surface area (Å²) in [7, 11) is 2.98. The molecule has 0 bridgehead atoms. The molecule has 0 unspecified atom stereocenters. The minimum Gasteiger partial charge on any atom is -0.497 e. The summed E-state index contributed by atoms with van der Waals surface area (Å²) in [5.74, 6) is 0.226. The number of rotatable bonds is 5. The predicted molar refractivity (Wildman–Crippen MR) is 135 cm³/mol. The SMILES string of the molecule is COC(=O)c1ccc2c(c1)NC1(CCN(Cc3ccccc3)CC1)N(c1ccc(OC)cc1)C2=O. The molecule has 2 heterocycles. The Morgan fingerprint density at radius 3 is 2.34 bits per heavy atom. The number of amides is 1. The highest BCUT2D eigenvalue weighted by atomic mass is 16.5. The van der Waals surface area contributed by atoms with E-state index in [-0.39, 0.29) is 5.91 Å². The zero-order valence-electron chi connectivity index (χ0n) is 20.0. The summed E-state index contributed by atoms with van der Waals surface area (Å²) >= 11 is 0. The lowest BCUT2D eigenvalue weighted by atomic mass is 9.88. The molecule has 0 atom stereocenters. The van der Waals surface area contributed by atoms with Gasteiger partial charge < -0.3 is 14.8 Å². The number of nitrogens with zero attached hydrogens (tertiary/aromatic N) is 2. The molecule has 7 nitrogen and oxygen atoms in total. The van der Waals surface area contributed by atoms with Gasteiger partial charge in [0.25, 0.3) is 5.91 Å². The molecule has 5 rings (SSSR count). The number of carbonyl (C=O) groups excluding carboxylic acids is 2. The molecule has 2 aliphatic rings. The van der Waals surface area contributed by atoms with Crippen LogP contribution in [0.15, 0.2) is 72.8 Å². The van der Waals surface area contributed by atoms with Gasteiger partial charge in [0, 0.05) is 43.9 Å². The topological polar surface area (TPSA) is 71.1 Å². The van der Waals surface area contributed by atoms with Crippen molar-refractivity contribution < 1.29 is 19.1 Å². The fraction of sp³-hybridized carbons (Fsp3) is 0.286. The molecule has 180 valence electrons. The van der Waals surface area contributed by atoms with Crippen LogP contribution in [0.2, 0.25) is 0 Å². The first kappa shape index (κ1) is 22.9. The van der Waals surface area contributed by atoms with Gasteiger partial charge in [0.2, 0.25) is 0 Å². The van der Waals surface area contributed by atoms with Gasteiger partial charge in [-0.25, -0.2) is 4.79 Å². The van der Waals surface area contributed by atoms with Gasteiger partial charge in [0.1, 0.15) is 11.4 Å². The second kappa shape index (κ2) is 9.43. The maximum Gasteiger partial charge on any atom is 0.337 e. The third-order valence-electron chi connectivity index (χ3n) is 6.93. The van der Waals surface area contributed by atoms with Gasteiger partial charge in [-0.05, 0) is 48.0 Å². The fourth-order valence-electron chi connectivity index (χ4n) is 5.07. The fourth-order valence-corrected chi connectivity index (χ4v) is 5.07. The average Bonchev–Trinajstić information content (AvgIpc) is 2.90. The van der Waals surface area contributed by atoms with Crippen LogP contribution in [0.1, 0.15) is 39.1 Å². The van der Waals surface area contributed by atoms with Gasteiger partial charge >= 0.3 is 5.97 Å². The van der Waals surface area contributed by atoms with Crippen molar-refractivity contribution in [3.8, 4) is 5.75 Å². The van der Waals surface area contributed by atoms with Gasteiger partial charge in [0.15, 0.2) is 0 Å². The van der Waals surface area contributed by atoms with E-state index in [4.69, 9.17) is 9.47 Å². The first-order valence-corrected chi connectivity index (χ1v) is 11.8. The van der Waals surface area contributed by atoms with Crippen LogP contribution in [0, 0.1) is 0 Å². The number of methoxy groups -OCH3 is 2. The van der Waals surface area contributed by atoms with Crippen molar-refractivity contribution in [3.05, 3.63) is 89.5 Å². The maximum absolute atomic E-state index is 13.9. The van der Waals surface area contributed by atoms with Crippen LogP contribution >= 0.6 is 0 Å². The number of benzene rings is 3. The van der Waals surface area contributed by atoms with Gasteiger partial charge in [-0.3, -0.25) is 14.6 Å². The molecule has 35 heavy (non-hydrogen) atoms. The largest absolute Gasteiger partial charge is 0.497 e. The monoisotopic (exact) mass is 471 g/mol. The highest BCUT2D eigenvalue weighted by molar-refractivity contribution is 6.13. The van der Waals surface area contributed by atoms with Gasteiger partial charge in [-0.2, -0.15) is 0 Å². The smallest absolute Gasteiger partial charge is 0.337 e. The maximum atomic E-state index is 13.9. The Morgan fingerprint density at radius 1 is 0.971 bits per heavy atom. The van der Waals surface area contributed by atoms with Crippen molar-refractivity contribution >= 4 is 23.3 Å². The molecule has 1 amide bonds. The van der Waals surface area contributed by atoms with E-state index in [0.717, 1.165) is 43.9 Å². The summed E-state index contributed by atoms with van der Waals surface area (Å²) in [4.78, 5) is 30.3. The highest BCUT2D eigenvalue weighted by Crippen LogP contribution is 2.41. The summed E-state index contributed by atoms with van der Waals surface area (Å²) < 4.78 is 10.2. The predicted octanol–water partition coefficient (Wildman–Crippen LogP) is 4.55. The van der Waals surface area contributed by atoms with E-state index in [1.54, 1.807) is 25.3 Å². The molecule has 0 aliphatic carbocycles. The first-order valence-electron chi connectivity index (χ1n) is 11.8. The summed E-state index contributed by atoms with van der Waals surface area (Å²) in [5, 5.41) is 3.66. The zero-order chi connectivity index (χ0) is 24.4. The average molecular weight is 472 g/mol. The second-order valence-corrected chi connectivity index (χ2v) is 9.01. The van der Waals surface area contributed by atoms with Crippen LogP contribution in [0.3, 0.4) is 0 Å². The third-order valence-corrected chi connectivity index (χ3v) is 6.93. The molecule has 2 aliphatic heterocycles. The van der Waals surface area contributed by atoms with Crippen molar-refractivity contribution in [1.82, 2.24) is 4.90 Å². The lowest BCUT2D eigenvalue weighted by Crippen LogP contribution is -2.64. The van der Waals surface area contributed by atoms with Crippen molar-refractivity contribution in [3.63, 3.8) is 0 Å². The Kier molecular flexibility index (Phi) is 6.17. The van der Waals surface area contributed by atoms with Crippen molar-refractivity contribution in [2.45, 2.75) is 25.0 Å². The molecule has 0 aromatic heterocycles. The summed E-state index contributed by atoms with van der Waals surface area (Å²) in [5.41, 5.74) is 3.09. The van der Waals surface area contributed by atoms with Crippen LogP contribution in [0.25, 0.3) is 0 Å². The number of likely N-dealkylation sites (tertiary alicyclic amines) is 1. The molecular formula is C28H29N3O4. The van der Waals surface area contributed by atoms with Crippen molar-refractivity contribution in [2.75, 3.05) is 37.5 Å². The Labute approximate surface area is 205 Å². The van der Waals surface area contributed by atoms with Gasteiger partial charge in [-0.1, -0.05) is 30.3 Å². The van der Waals surface area contributed by atoms with Crippen LogP contribution in [0.4, 0.5) is 11.4 Å². The number of fused-ring (bicyclic) bond motifs is 1. The molecule has 3 aromatic rings. The number of hydrogen-bond acceptors (Lipinski definition) is 6. The van der Waals surface area contributed by atoms with Gasteiger partial charge in [-0.15, -0.1) is 0 Å². The molecule has 1 N–H and O–H groups in total. The van der Waals surface area contributed by atoms with Crippen LogP contribution < -0.4 is 15.0 Å². The Morgan fingerprint density at radius 2 is 1.69 bits per heavy atom. The van der Waals surface area contributed by atoms with E-state index in [1.165, 1.54) is 12.7 Å². The van der Waals surface area contributed by atoms with Crippen LogP contribution in [-0.2, 0) is 11.3 Å². The Bertz CT molecular complexity index is 1220. The molecule has 0 radical (unpaired) electrons. The van der Waals surface area contributed by atoms with E-state index in [0.29, 0.717) is 16.8 Å².